The second-order valence-corrected chi connectivity index (χ2v) is 12.5. The smallest absolute Gasteiger partial charge is 0.264 e. The Morgan fingerprint density at radius 1 is 0.805 bits per heavy atom. The fourth-order valence-electron chi connectivity index (χ4n) is 4.21. The Bertz CT molecular complexity index is 1550. The molecule has 8 heteroatoms. The number of carbonyl (C=O) groups is 1. The van der Waals surface area contributed by atoms with E-state index in [0.717, 1.165) is 21.2 Å². The van der Waals surface area contributed by atoms with E-state index in [1.165, 1.54) is 0 Å². The summed E-state index contributed by atoms with van der Waals surface area (Å²) in [5.41, 5.74) is 2.26. The van der Waals surface area contributed by atoms with Gasteiger partial charge in [-0.2, -0.15) is 0 Å². The fourth-order valence-corrected chi connectivity index (χ4v) is 5.63. The minimum absolute atomic E-state index is 0.0909. The highest BCUT2D eigenvalue weighted by molar-refractivity contribution is 7.92. The lowest BCUT2D eigenvalue weighted by Gasteiger charge is -2.25. The summed E-state index contributed by atoms with van der Waals surface area (Å²) in [4.78, 5) is 13.1. The first-order valence-corrected chi connectivity index (χ1v) is 14.9. The Labute approximate surface area is 242 Å². The van der Waals surface area contributed by atoms with Crippen LogP contribution in [-0.4, -0.2) is 34.0 Å². The molecule has 0 aromatic heterocycles. The second-order valence-electron chi connectivity index (χ2n) is 10.7. The van der Waals surface area contributed by atoms with Gasteiger partial charge in [-0.1, -0.05) is 74.9 Å². The van der Waals surface area contributed by atoms with E-state index in [9.17, 15) is 13.2 Å². The van der Waals surface area contributed by atoms with Crippen LogP contribution in [0.25, 0.3) is 0 Å². The molecule has 0 aliphatic rings. The van der Waals surface area contributed by atoms with Gasteiger partial charge in [0.05, 0.1) is 17.1 Å². The molecule has 1 amide bonds. The minimum atomic E-state index is -4.03. The van der Waals surface area contributed by atoms with Gasteiger partial charge in [0.2, 0.25) is 5.91 Å². The number of nitrogens with zero attached hydrogens (tertiary/aromatic N) is 1. The zero-order valence-corrected chi connectivity index (χ0v) is 24.6. The zero-order chi connectivity index (χ0) is 29.5. The van der Waals surface area contributed by atoms with Gasteiger partial charge >= 0.3 is 0 Å². The van der Waals surface area contributed by atoms with Crippen LogP contribution in [0.2, 0.25) is 0 Å². The minimum Gasteiger partial charge on any atom is -0.491 e. The van der Waals surface area contributed by atoms with Gasteiger partial charge in [0.1, 0.15) is 30.4 Å². The summed E-state index contributed by atoms with van der Waals surface area (Å²) in [7, 11) is -4.03. The summed E-state index contributed by atoms with van der Waals surface area (Å²) in [6.45, 7) is 8.29. The van der Waals surface area contributed by atoms with Crippen molar-refractivity contribution in [2.24, 2.45) is 0 Å². The normalized spacial score (nSPS) is 11.5. The average Bonchev–Trinajstić information content (AvgIpc) is 2.95. The lowest BCUT2D eigenvalue weighted by atomic mass is 9.86. The monoisotopic (exact) mass is 572 g/mol. The number of aryl methyl sites for hydroxylation is 1. The van der Waals surface area contributed by atoms with E-state index in [2.05, 4.69) is 26.1 Å². The largest absolute Gasteiger partial charge is 0.491 e. The molecular weight excluding hydrogens is 536 g/mol. The van der Waals surface area contributed by atoms with Crippen LogP contribution >= 0.6 is 0 Å². The number of nitrogens with one attached hydrogen (secondary N) is 1. The molecule has 41 heavy (non-hydrogen) atoms. The van der Waals surface area contributed by atoms with E-state index in [1.807, 2.05) is 61.5 Å². The number of ether oxygens (including phenoxy) is 2. The molecule has 0 saturated carbocycles. The molecule has 0 atom stereocenters. The SMILES string of the molecule is Cc1ccc(S(=O)(=O)N(CC(=O)NCCOc2ccccc2C(C)(C)C)c2ccc(Oc3ccccc3)cc2)cc1. The Morgan fingerprint density at radius 2 is 1.41 bits per heavy atom. The van der Waals surface area contributed by atoms with Gasteiger partial charge in [0, 0.05) is 0 Å². The van der Waals surface area contributed by atoms with Crippen LogP contribution in [0.15, 0.2) is 108 Å². The van der Waals surface area contributed by atoms with Crippen molar-refractivity contribution in [3.63, 3.8) is 0 Å². The predicted octanol–water partition coefficient (Wildman–Crippen LogP) is 6.48. The topological polar surface area (TPSA) is 84.9 Å². The van der Waals surface area contributed by atoms with Gasteiger partial charge in [-0.05, 0) is 72.5 Å². The first kappa shape index (κ1) is 29.7. The number of benzene rings is 4. The third-order valence-electron chi connectivity index (χ3n) is 6.38. The number of carbonyl (C=O) groups excluding carboxylic acids is 1. The van der Waals surface area contributed by atoms with Crippen LogP contribution < -0.4 is 19.1 Å². The standard InChI is InChI=1S/C33H36N2O5S/c1-25-14-20-29(21-15-25)41(37,38)35(26-16-18-28(19-17-26)40-27-10-6-5-7-11-27)24-32(36)34-22-23-39-31-13-9-8-12-30(31)33(2,3)4/h5-21H,22-24H2,1-4H3,(H,34,36). The van der Waals surface area contributed by atoms with Crippen molar-refractivity contribution in [1.29, 1.82) is 0 Å². The molecule has 0 bridgehead atoms. The Balaban J connectivity index is 1.47. The molecule has 4 aromatic carbocycles. The molecule has 7 nitrogen and oxygen atoms in total. The zero-order valence-electron chi connectivity index (χ0n) is 23.8. The lowest BCUT2D eigenvalue weighted by Crippen LogP contribution is -2.42. The number of amides is 1. The maximum atomic E-state index is 13.7. The molecule has 214 valence electrons. The van der Waals surface area contributed by atoms with Crippen molar-refractivity contribution in [2.75, 3.05) is 24.0 Å². The number of sulfonamides is 1. The van der Waals surface area contributed by atoms with Gasteiger partial charge in [0.15, 0.2) is 0 Å². The van der Waals surface area contributed by atoms with Crippen LogP contribution in [0.4, 0.5) is 5.69 Å². The van der Waals surface area contributed by atoms with Crippen LogP contribution in [0.1, 0.15) is 31.9 Å². The maximum absolute atomic E-state index is 13.7. The summed E-state index contributed by atoms with van der Waals surface area (Å²) in [6.07, 6.45) is 0. The van der Waals surface area contributed by atoms with E-state index >= 15 is 0 Å². The predicted molar refractivity (Wildman–Crippen MR) is 162 cm³/mol. The maximum Gasteiger partial charge on any atom is 0.264 e. The summed E-state index contributed by atoms with van der Waals surface area (Å²) in [5, 5.41) is 2.79. The van der Waals surface area contributed by atoms with Gasteiger partial charge in [-0.3, -0.25) is 9.10 Å². The molecule has 4 rings (SSSR count). The molecule has 0 aliphatic carbocycles. The molecule has 0 saturated heterocycles. The highest BCUT2D eigenvalue weighted by Gasteiger charge is 2.27. The molecular formula is C33H36N2O5S. The van der Waals surface area contributed by atoms with Crippen LogP contribution in [0, 0.1) is 6.92 Å². The van der Waals surface area contributed by atoms with Crippen molar-refractivity contribution >= 4 is 21.6 Å². The van der Waals surface area contributed by atoms with E-state index in [0.29, 0.717) is 17.2 Å². The average molecular weight is 573 g/mol. The Morgan fingerprint density at radius 3 is 2.07 bits per heavy atom. The van der Waals surface area contributed by atoms with Gasteiger partial charge in [0.25, 0.3) is 10.0 Å². The molecule has 0 spiro atoms. The summed E-state index contributed by atoms with van der Waals surface area (Å²) >= 11 is 0. The van der Waals surface area contributed by atoms with Crippen molar-refractivity contribution in [1.82, 2.24) is 5.32 Å². The Kier molecular flexibility index (Phi) is 9.35. The third-order valence-corrected chi connectivity index (χ3v) is 8.16. The number of para-hydroxylation sites is 2. The molecule has 0 radical (unpaired) electrons. The van der Waals surface area contributed by atoms with Gasteiger partial charge in [-0.15, -0.1) is 0 Å². The highest BCUT2D eigenvalue weighted by atomic mass is 32.2. The molecule has 0 aliphatic heterocycles. The van der Waals surface area contributed by atoms with Gasteiger partial charge in [-0.25, -0.2) is 8.42 Å². The molecule has 1 N–H and O–H groups in total. The molecule has 0 heterocycles. The van der Waals surface area contributed by atoms with E-state index < -0.39 is 22.5 Å². The second kappa shape index (κ2) is 12.9. The first-order chi connectivity index (χ1) is 19.5. The quantitative estimate of drug-likeness (QED) is 0.208. The summed E-state index contributed by atoms with van der Waals surface area (Å²) < 4.78 is 40.3. The summed E-state index contributed by atoms with van der Waals surface area (Å²) in [6, 6.07) is 30.3. The van der Waals surface area contributed by atoms with Crippen molar-refractivity contribution < 1.29 is 22.7 Å². The van der Waals surface area contributed by atoms with Crippen LogP contribution in [0.3, 0.4) is 0 Å². The number of hydrogen-bond donors (Lipinski definition) is 1. The van der Waals surface area contributed by atoms with Crippen LogP contribution in [0.5, 0.6) is 17.2 Å². The van der Waals surface area contributed by atoms with E-state index in [4.69, 9.17) is 9.47 Å². The molecule has 0 fully saturated rings. The lowest BCUT2D eigenvalue weighted by molar-refractivity contribution is -0.119. The van der Waals surface area contributed by atoms with Crippen molar-refractivity contribution in [2.45, 2.75) is 38.0 Å². The van der Waals surface area contributed by atoms with Crippen molar-refractivity contribution in [3.05, 3.63) is 114 Å². The Hall–Kier alpha value is -4.30. The van der Waals surface area contributed by atoms with E-state index in [-0.39, 0.29) is 23.5 Å². The van der Waals surface area contributed by atoms with Crippen LogP contribution in [-0.2, 0) is 20.2 Å². The molecule has 0 unspecified atom stereocenters. The number of anilines is 1. The fraction of sp³-hybridized carbons (Fsp3) is 0.242. The number of rotatable bonds is 11. The van der Waals surface area contributed by atoms with Crippen molar-refractivity contribution in [3.8, 4) is 17.2 Å². The highest BCUT2D eigenvalue weighted by Crippen LogP contribution is 2.31. The molecule has 4 aromatic rings. The van der Waals surface area contributed by atoms with E-state index in [1.54, 1.807) is 48.5 Å². The summed E-state index contributed by atoms with van der Waals surface area (Å²) in [5.74, 6) is 1.52. The first-order valence-electron chi connectivity index (χ1n) is 13.5. The third kappa shape index (κ3) is 7.89. The number of hydrogen-bond acceptors (Lipinski definition) is 5. The van der Waals surface area contributed by atoms with Gasteiger partial charge < -0.3 is 14.8 Å².